The van der Waals surface area contributed by atoms with E-state index in [4.69, 9.17) is 5.73 Å². The summed E-state index contributed by atoms with van der Waals surface area (Å²) in [4.78, 5) is 22.5. The topological polar surface area (TPSA) is 92.3 Å². The number of hydrogen-bond donors (Lipinski definition) is 2. The molecule has 34 heavy (non-hydrogen) atoms. The molecular weight excluding hydrogens is 438 g/mol. The van der Waals surface area contributed by atoms with Gasteiger partial charge in [-0.25, -0.2) is 9.97 Å². The zero-order valence-electron chi connectivity index (χ0n) is 18.4. The van der Waals surface area contributed by atoms with E-state index in [9.17, 15) is 18.7 Å². The van der Waals surface area contributed by atoms with E-state index in [1.54, 1.807) is 30.0 Å². The van der Waals surface area contributed by atoms with Crippen LogP contribution in [0.25, 0.3) is 11.3 Å². The Labute approximate surface area is 195 Å². The van der Waals surface area contributed by atoms with Crippen LogP contribution in [0.1, 0.15) is 46.1 Å². The minimum absolute atomic E-state index is 0.138. The fraction of sp³-hybridized carbons (Fsp3) is 0.269. The molecule has 2 aromatic carbocycles. The first-order chi connectivity index (χ1) is 16.2. The average Bonchev–Trinajstić information content (AvgIpc) is 3.15. The molecule has 0 unspecified atom stereocenters. The van der Waals surface area contributed by atoms with Crippen LogP contribution in [0, 0.1) is 11.8 Å². The summed E-state index contributed by atoms with van der Waals surface area (Å²) in [5.41, 5.74) is 7.98. The third kappa shape index (κ3) is 3.78. The molecule has 6 nitrogen and oxygen atoms in total. The van der Waals surface area contributed by atoms with Crippen molar-refractivity contribution < 1.29 is 18.7 Å². The van der Waals surface area contributed by atoms with Crippen LogP contribution >= 0.6 is 0 Å². The van der Waals surface area contributed by atoms with Crippen LogP contribution in [-0.4, -0.2) is 39.7 Å². The maximum atomic E-state index is 14.7. The number of alkyl halides is 2. The molecule has 3 N–H and O–H groups in total. The van der Waals surface area contributed by atoms with E-state index in [2.05, 4.69) is 21.8 Å². The van der Waals surface area contributed by atoms with Crippen molar-refractivity contribution in [3.05, 3.63) is 76.5 Å². The summed E-state index contributed by atoms with van der Waals surface area (Å²) in [6, 6.07) is 13.9. The molecule has 1 aromatic heterocycles. The maximum Gasteiger partial charge on any atom is 0.290 e. The van der Waals surface area contributed by atoms with Gasteiger partial charge in [0.05, 0.1) is 23.4 Å². The molecule has 2 heterocycles. The molecule has 1 fully saturated rings. The number of anilines is 1. The molecule has 0 saturated carbocycles. The molecule has 0 spiro atoms. The number of hydrogen-bond acceptors (Lipinski definition) is 5. The number of aliphatic hydroxyl groups is 1. The normalized spacial score (nSPS) is 20.2. The Morgan fingerprint density at radius 2 is 1.94 bits per heavy atom. The minimum Gasteiger partial charge on any atom is -0.389 e. The van der Waals surface area contributed by atoms with Crippen molar-refractivity contribution in [2.24, 2.45) is 5.73 Å². The first-order valence-corrected chi connectivity index (χ1v) is 11.0. The molecule has 1 aliphatic carbocycles. The van der Waals surface area contributed by atoms with Crippen LogP contribution < -0.4 is 10.6 Å². The van der Waals surface area contributed by atoms with E-state index in [1.165, 1.54) is 0 Å². The quantitative estimate of drug-likeness (QED) is 0.586. The lowest BCUT2D eigenvalue weighted by molar-refractivity contribution is -0.00603. The lowest BCUT2D eigenvalue weighted by Crippen LogP contribution is -2.59. The molecule has 2 atom stereocenters. The van der Waals surface area contributed by atoms with Gasteiger partial charge >= 0.3 is 0 Å². The lowest BCUT2D eigenvalue weighted by atomic mass is 9.98. The van der Waals surface area contributed by atoms with E-state index in [0.29, 0.717) is 22.4 Å². The molecule has 0 bridgehead atoms. The Morgan fingerprint density at radius 3 is 2.62 bits per heavy atom. The lowest BCUT2D eigenvalue weighted by Gasteiger charge is -2.43. The van der Waals surface area contributed by atoms with Gasteiger partial charge in [0.1, 0.15) is 5.69 Å². The van der Waals surface area contributed by atoms with Gasteiger partial charge in [-0.3, -0.25) is 4.79 Å². The zero-order chi connectivity index (χ0) is 24.0. The van der Waals surface area contributed by atoms with E-state index in [-0.39, 0.29) is 42.6 Å². The fourth-order valence-electron chi connectivity index (χ4n) is 4.30. The molecule has 172 valence electrons. The number of amides is 1. The highest BCUT2D eigenvalue weighted by Gasteiger charge is 2.45. The summed E-state index contributed by atoms with van der Waals surface area (Å²) in [7, 11) is 0. The SMILES string of the molecule is C[C@H]1[C@H](O)CN1c1nc(-c2ccc(C(N)=O)c(C#Cc3ccccc3)c2)c2c(n1)C(F)(F)CC2. The van der Waals surface area contributed by atoms with Crippen LogP contribution in [0.15, 0.2) is 48.5 Å². The molecule has 2 aliphatic rings. The van der Waals surface area contributed by atoms with Crippen molar-refractivity contribution in [2.75, 3.05) is 11.4 Å². The summed E-state index contributed by atoms with van der Waals surface area (Å²) < 4.78 is 29.4. The average molecular weight is 460 g/mol. The molecule has 8 heteroatoms. The van der Waals surface area contributed by atoms with Gasteiger partial charge in [-0.1, -0.05) is 36.1 Å². The van der Waals surface area contributed by atoms with E-state index in [1.807, 2.05) is 30.3 Å². The second kappa shape index (κ2) is 8.19. The highest BCUT2D eigenvalue weighted by atomic mass is 19.3. The van der Waals surface area contributed by atoms with Gasteiger partial charge in [0.15, 0.2) is 0 Å². The van der Waals surface area contributed by atoms with E-state index in [0.717, 1.165) is 5.56 Å². The fourth-order valence-corrected chi connectivity index (χ4v) is 4.30. The number of β-amino-alcohol motifs (C(OH)–C–C–N with tert-alkyl or cyclic N) is 1. The summed E-state index contributed by atoms with van der Waals surface area (Å²) >= 11 is 0. The summed E-state index contributed by atoms with van der Waals surface area (Å²) in [6.07, 6.45) is -0.764. The van der Waals surface area contributed by atoms with Crippen LogP contribution in [0.4, 0.5) is 14.7 Å². The number of aliphatic hydroxyl groups excluding tert-OH is 1. The second-order valence-corrected chi connectivity index (χ2v) is 8.60. The Kier molecular flexibility index (Phi) is 5.29. The second-order valence-electron chi connectivity index (χ2n) is 8.60. The molecule has 1 saturated heterocycles. The summed E-state index contributed by atoms with van der Waals surface area (Å²) in [5, 5.41) is 9.90. The third-order valence-electron chi connectivity index (χ3n) is 6.39. The van der Waals surface area contributed by atoms with Crippen molar-refractivity contribution >= 4 is 11.9 Å². The van der Waals surface area contributed by atoms with Gasteiger partial charge in [0, 0.05) is 35.2 Å². The van der Waals surface area contributed by atoms with Gasteiger partial charge in [-0.15, -0.1) is 0 Å². The van der Waals surface area contributed by atoms with Crippen molar-refractivity contribution in [1.82, 2.24) is 9.97 Å². The van der Waals surface area contributed by atoms with Crippen LogP contribution in [0.2, 0.25) is 0 Å². The monoisotopic (exact) mass is 460 g/mol. The van der Waals surface area contributed by atoms with Crippen molar-refractivity contribution in [3.63, 3.8) is 0 Å². The molecule has 5 rings (SSSR count). The predicted molar refractivity (Wildman–Crippen MR) is 123 cm³/mol. The first kappa shape index (κ1) is 22.0. The number of aromatic nitrogens is 2. The first-order valence-electron chi connectivity index (χ1n) is 11.0. The van der Waals surface area contributed by atoms with Crippen molar-refractivity contribution in [1.29, 1.82) is 0 Å². The van der Waals surface area contributed by atoms with Crippen molar-refractivity contribution in [2.45, 2.75) is 37.8 Å². The van der Waals surface area contributed by atoms with E-state index >= 15 is 0 Å². The molecule has 1 amide bonds. The molecule has 0 radical (unpaired) electrons. The highest BCUT2D eigenvalue weighted by Crippen LogP contribution is 2.45. The van der Waals surface area contributed by atoms with Gasteiger partial charge in [0.2, 0.25) is 11.9 Å². The van der Waals surface area contributed by atoms with E-state index < -0.39 is 17.9 Å². The van der Waals surface area contributed by atoms with Crippen LogP contribution in [0.5, 0.6) is 0 Å². The number of benzene rings is 2. The van der Waals surface area contributed by atoms with Crippen LogP contribution in [0.3, 0.4) is 0 Å². The Bertz CT molecular complexity index is 1350. The number of nitrogens with zero attached hydrogens (tertiary/aromatic N) is 3. The Balaban J connectivity index is 1.64. The Morgan fingerprint density at radius 1 is 1.18 bits per heavy atom. The van der Waals surface area contributed by atoms with Crippen molar-refractivity contribution in [3.8, 4) is 23.1 Å². The number of fused-ring (bicyclic) bond motifs is 1. The maximum absolute atomic E-state index is 14.7. The largest absolute Gasteiger partial charge is 0.389 e. The molecular formula is C26H22F2N4O2. The summed E-state index contributed by atoms with van der Waals surface area (Å²) in [5.74, 6) is 2.47. The van der Waals surface area contributed by atoms with Gasteiger partial charge in [-0.05, 0) is 37.6 Å². The van der Waals surface area contributed by atoms with Gasteiger partial charge in [0.25, 0.3) is 5.92 Å². The van der Waals surface area contributed by atoms with Gasteiger partial charge < -0.3 is 15.7 Å². The number of nitrogens with two attached hydrogens (primary N) is 1. The highest BCUT2D eigenvalue weighted by molar-refractivity contribution is 5.96. The standard InChI is InChI=1S/C26H22F2N4O2/c1-15-21(33)14-32(15)25-30-22(20-11-12-26(27,28)23(20)31-25)18-9-10-19(24(29)34)17(13-18)8-7-16-5-3-2-4-6-16/h2-6,9-10,13,15,21,33H,11-12,14H2,1H3,(H2,29,34)/t15-,21+/m0/s1. The Hall–Kier alpha value is -3.83. The smallest absolute Gasteiger partial charge is 0.290 e. The number of carbonyl (C=O) groups is 1. The third-order valence-corrected chi connectivity index (χ3v) is 6.39. The zero-order valence-corrected chi connectivity index (χ0v) is 18.4. The van der Waals surface area contributed by atoms with Gasteiger partial charge in [-0.2, -0.15) is 8.78 Å². The molecule has 1 aliphatic heterocycles. The minimum atomic E-state index is -3.06. The molecule has 3 aromatic rings. The number of rotatable bonds is 3. The number of carbonyl (C=O) groups excluding carboxylic acids is 1. The number of halogens is 2. The summed E-state index contributed by atoms with van der Waals surface area (Å²) in [6.45, 7) is 2.07. The number of primary amides is 1. The van der Waals surface area contributed by atoms with Crippen LogP contribution in [-0.2, 0) is 12.3 Å². The predicted octanol–water partition coefficient (Wildman–Crippen LogP) is 3.25.